The van der Waals surface area contributed by atoms with Gasteiger partial charge in [0, 0.05) is 23.9 Å². The van der Waals surface area contributed by atoms with Gasteiger partial charge in [0.25, 0.3) is 5.91 Å². The second-order valence-corrected chi connectivity index (χ2v) is 19.1. The van der Waals surface area contributed by atoms with Gasteiger partial charge in [-0.05, 0) is 75.0 Å². The third-order valence-electron chi connectivity index (χ3n) is 10.6. The molecule has 2 saturated carbocycles. The number of carbonyl (C=O) groups is 4. The van der Waals surface area contributed by atoms with Crippen molar-refractivity contribution in [3.05, 3.63) is 85.1 Å². The van der Waals surface area contributed by atoms with Crippen LogP contribution < -0.4 is 20.1 Å². The van der Waals surface area contributed by atoms with Gasteiger partial charge in [0.1, 0.15) is 29.3 Å². The number of hydrogen-bond donors (Lipinski definition) is 3. The number of amides is 4. The fraction of sp³-hybridized carbons (Fsp3) is 0.488. The van der Waals surface area contributed by atoms with Crippen molar-refractivity contribution in [1.29, 1.82) is 0 Å². The van der Waals surface area contributed by atoms with E-state index in [4.69, 9.17) is 9.47 Å². The molecule has 1 aromatic heterocycles. The second kappa shape index (κ2) is 14.6. The topological polar surface area (TPSA) is 173 Å². The Balaban J connectivity index is 1.26. The number of alkyl carbamates (subject to hydrolysis) is 1. The molecule has 5 atom stereocenters. The highest BCUT2D eigenvalue weighted by atomic mass is 32.2. The summed E-state index contributed by atoms with van der Waals surface area (Å²) in [6, 6.07) is 16.3. The fourth-order valence-electron chi connectivity index (χ4n) is 7.26. The average molecular weight is 774 g/mol. The maximum atomic E-state index is 14.5. The standard InChI is InChI=1S/C41H51N5O8S/c1-8-28-24-41(28,36(49)45-55(51,52)40(19-20-40)23-26-14-10-9-11-15-26)44-33(47)31-22-29(53-34-30-17-13-12-16-27(30)18-21-42-34)25-46(31)35(48)32(38(2,3)4)43-37(50)54-39(5,6)7/h8-18,21,28-29,31-32H,1,19-20,22-25H2,2-7H3,(H,43,50)(H,44,47)(H,45,49)/t28-,29-,31+,32-,41-/m1/s1. The molecule has 13 nitrogen and oxygen atoms in total. The zero-order valence-electron chi connectivity index (χ0n) is 32.3. The lowest BCUT2D eigenvalue weighted by atomic mass is 9.85. The maximum Gasteiger partial charge on any atom is 0.408 e. The van der Waals surface area contributed by atoms with E-state index < -0.39 is 79.2 Å². The first-order valence-electron chi connectivity index (χ1n) is 18.6. The van der Waals surface area contributed by atoms with E-state index in [1.165, 1.54) is 11.0 Å². The summed E-state index contributed by atoms with van der Waals surface area (Å²) in [7, 11) is -4.14. The maximum absolute atomic E-state index is 14.5. The van der Waals surface area contributed by atoms with Gasteiger partial charge < -0.3 is 25.0 Å². The molecule has 1 saturated heterocycles. The Morgan fingerprint density at radius 3 is 2.29 bits per heavy atom. The minimum atomic E-state index is -4.14. The number of likely N-dealkylation sites (tertiary alicyclic amines) is 1. The van der Waals surface area contributed by atoms with Gasteiger partial charge in [-0.15, -0.1) is 6.58 Å². The van der Waals surface area contributed by atoms with E-state index in [-0.39, 0.29) is 25.8 Å². The number of fused-ring (bicyclic) bond motifs is 1. The molecule has 0 bridgehead atoms. The number of ether oxygens (including phenoxy) is 2. The molecule has 0 spiro atoms. The molecule has 294 valence electrons. The Morgan fingerprint density at radius 1 is 1.00 bits per heavy atom. The Kier molecular flexibility index (Phi) is 10.5. The summed E-state index contributed by atoms with van der Waals surface area (Å²) in [5.74, 6) is -2.30. The van der Waals surface area contributed by atoms with E-state index in [0.29, 0.717) is 18.7 Å². The first kappa shape index (κ1) is 39.7. The summed E-state index contributed by atoms with van der Waals surface area (Å²) in [5, 5.41) is 7.20. The molecular formula is C41H51N5O8S. The van der Waals surface area contributed by atoms with Gasteiger partial charge in [0.2, 0.25) is 27.7 Å². The molecule has 2 heterocycles. The van der Waals surface area contributed by atoms with Crippen LogP contribution in [-0.2, 0) is 35.6 Å². The van der Waals surface area contributed by atoms with Crippen LogP contribution in [0.15, 0.2) is 79.5 Å². The molecule has 4 amide bonds. The predicted octanol–water partition coefficient (Wildman–Crippen LogP) is 4.80. The van der Waals surface area contributed by atoms with Crippen LogP contribution in [-0.4, -0.2) is 82.7 Å². The van der Waals surface area contributed by atoms with Crippen molar-refractivity contribution in [1.82, 2.24) is 25.2 Å². The molecule has 3 aromatic rings. The quantitative estimate of drug-likeness (QED) is 0.219. The van der Waals surface area contributed by atoms with Crippen LogP contribution in [0, 0.1) is 11.3 Å². The van der Waals surface area contributed by atoms with Crippen LogP contribution in [0.5, 0.6) is 5.88 Å². The third kappa shape index (κ3) is 8.48. The minimum absolute atomic E-state index is 0.0285. The number of pyridine rings is 1. The molecular weight excluding hydrogens is 723 g/mol. The van der Waals surface area contributed by atoms with Gasteiger partial charge in [-0.1, -0.05) is 75.4 Å². The highest BCUT2D eigenvalue weighted by molar-refractivity contribution is 7.91. The Labute approximate surface area is 322 Å². The highest BCUT2D eigenvalue weighted by Gasteiger charge is 2.63. The summed E-state index contributed by atoms with van der Waals surface area (Å²) in [4.78, 5) is 61.7. The van der Waals surface area contributed by atoms with E-state index >= 15 is 0 Å². The van der Waals surface area contributed by atoms with Gasteiger partial charge in [0.05, 0.1) is 11.3 Å². The molecule has 2 aliphatic carbocycles. The van der Waals surface area contributed by atoms with Gasteiger partial charge in [-0.2, -0.15) is 0 Å². The highest BCUT2D eigenvalue weighted by Crippen LogP contribution is 2.48. The zero-order chi connectivity index (χ0) is 40.0. The number of benzene rings is 2. The largest absolute Gasteiger partial charge is 0.472 e. The lowest BCUT2D eigenvalue weighted by Gasteiger charge is -2.36. The van der Waals surface area contributed by atoms with Crippen molar-refractivity contribution in [3.8, 4) is 5.88 Å². The van der Waals surface area contributed by atoms with E-state index in [1.807, 2.05) is 60.7 Å². The summed E-state index contributed by atoms with van der Waals surface area (Å²) < 4.78 is 40.5. The predicted molar refractivity (Wildman–Crippen MR) is 207 cm³/mol. The van der Waals surface area contributed by atoms with Crippen LogP contribution >= 0.6 is 0 Å². The minimum Gasteiger partial charge on any atom is -0.472 e. The third-order valence-corrected chi connectivity index (χ3v) is 12.7. The van der Waals surface area contributed by atoms with Gasteiger partial charge in [-0.25, -0.2) is 18.2 Å². The van der Waals surface area contributed by atoms with Crippen LogP contribution in [0.4, 0.5) is 4.79 Å². The van der Waals surface area contributed by atoms with E-state index in [9.17, 15) is 27.6 Å². The Bertz CT molecular complexity index is 2080. The average Bonchev–Trinajstić information content (AvgIpc) is 4.01. The van der Waals surface area contributed by atoms with Crippen LogP contribution in [0.3, 0.4) is 0 Å². The van der Waals surface area contributed by atoms with Crippen molar-refractivity contribution in [3.63, 3.8) is 0 Å². The van der Waals surface area contributed by atoms with Crippen molar-refractivity contribution in [2.45, 2.75) is 108 Å². The number of nitrogens with zero attached hydrogens (tertiary/aromatic N) is 2. The lowest BCUT2D eigenvalue weighted by molar-refractivity contribution is -0.143. The van der Waals surface area contributed by atoms with Crippen molar-refractivity contribution >= 4 is 44.6 Å². The molecule has 3 fully saturated rings. The van der Waals surface area contributed by atoms with Crippen molar-refractivity contribution in [2.75, 3.05) is 6.54 Å². The molecule has 3 aliphatic rings. The van der Waals surface area contributed by atoms with Crippen LogP contribution in [0.2, 0.25) is 0 Å². The number of rotatable bonds is 12. The number of hydrogen-bond acceptors (Lipinski definition) is 9. The Morgan fingerprint density at radius 2 is 1.67 bits per heavy atom. The van der Waals surface area contributed by atoms with Crippen molar-refractivity contribution in [2.24, 2.45) is 11.3 Å². The molecule has 3 N–H and O–H groups in total. The lowest BCUT2D eigenvalue weighted by Crippen LogP contribution is -2.60. The molecule has 0 radical (unpaired) electrons. The number of aromatic nitrogens is 1. The normalized spacial score (nSPS) is 23.6. The van der Waals surface area contributed by atoms with Gasteiger partial charge in [0.15, 0.2) is 0 Å². The molecule has 2 aromatic carbocycles. The first-order chi connectivity index (χ1) is 25.8. The summed E-state index contributed by atoms with van der Waals surface area (Å²) >= 11 is 0. The molecule has 1 aliphatic heterocycles. The molecule has 6 rings (SSSR count). The molecule has 14 heteroatoms. The number of sulfonamides is 1. The number of nitrogens with one attached hydrogen (secondary N) is 3. The van der Waals surface area contributed by atoms with E-state index in [1.54, 1.807) is 47.7 Å². The van der Waals surface area contributed by atoms with Gasteiger partial charge >= 0.3 is 6.09 Å². The SMILES string of the molecule is C=C[C@@H]1C[C@]1(NC(=O)[C@@H]1C[C@@H](Oc2nccc3ccccc23)CN1C(=O)[C@@H](NC(=O)OC(C)(C)C)C(C)(C)C)C(=O)NS(=O)(=O)C1(Cc2ccccc2)CC1. The number of carbonyl (C=O) groups excluding carboxylic acids is 4. The summed E-state index contributed by atoms with van der Waals surface area (Å²) in [6.07, 6.45) is 2.83. The second-order valence-electron chi connectivity index (χ2n) is 17.1. The zero-order valence-corrected chi connectivity index (χ0v) is 33.1. The molecule has 0 unspecified atom stereocenters. The summed E-state index contributed by atoms with van der Waals surface area (Å²) in [5.41, 5.74) is -2.40. The fourth-order valence-corrected chi connectivity index (χ4v) is 8.90. The monoisotopic (exact) mass is 773 g/mol. The van der Waals surface area contributed by atoms with E-state index in [0.717, 1.165) is 16.3 Å². The van der Waals surface area contributed by atoms with E-state index in [2.05, 4.69) is 26.9 Å². The smallest absolute Gasteiger partial charge is 0.408 e. The van der Waals surface area contributed by atoms with Crippen molar-refractivity contribution < 1.29 is 37.1 Å². The van der Waals surface area contributed by atoms with Gasteiger partial charge in [-0.3, -0.25) is 19.1 Å². The summed E-state index contributed by atoms with van der Waals surface area (Å²) in [6.45, 7) is 14.3. The molecule has 55 heavy (non-hydrogen) atoms. The first-order valence-corrected chi connectivity index (χ1v) is 20.1. The Hall–Kier alpha value is -4.98. The van der Waals surface area contributed by atoms with Crippen LogP contribution in [0.1, 0.15) is 72.8 Å². The van der Waals surface area contributed by atoms with Crippen LogP contribution in [0.25, 0.3) is 10.8 Å².